The van der Waals surface area contributed by atoms with Crippen LogP contribution in [0.4, 0.5) is 5.69 Å². The highest BCUT2D eigenvalue weighted by molar-refractivity contribution is 7.89. The normalized spacial score (nSPS) is 17.0. The van der Waals surface area contributed by atoms with E-state index < -0.39 is 15.9 Å². The van der Waals surface area contributed by atoms with E-state index in [-0.39, 0.29) is 36.2 Å². The molecule has 2 heterocycles. The highest BCUT2D eigenvalue weighted by Crippen LogP contribution is 2.25. The number of nitrogens with zero attached hydrogens (tertiary/aromatic N) is 2. The molecule has 0 unspecified atom stereocenters. The number of carbonyl (C=O) groups excluding carboxylic acids is 2. The SMILES string of the molecule is COc1ccc(S(=O)(=O)N2CCC[C@H](C(=O)NCCC(=O)Nc3ccncc3)C2)cc1. The van der Waals surface area contributed by atoms with Crippen LogP contribution in [-0.2, 0) is 19.6 Å². The summed E-state index contributed by atoms with van der Waals surface area (Å²) in [5.74, 6) is -0.349. The molecule has 2 N–H and O–H groups in total. The van der Waals surface area contributed by atoms with Crippen molar-refractivity contribution in [3.63, 3.8) is 0 Å². The average molecular weight is 447 g/mol. The van der Waals surface area contributed by atoms with Crippen LogP contribution in [0.15, 0.2) is 53.7 Å². The number of aromatic nitrogens is 1. The second kappa shape index (κ2) is 10.4. The van der Waals surface area contributed by atoms with E-state index in [4.69, 9.17) is 4.74 Å². The van der Waals surface area contributed by atoms with Gasteiger partial charge < -0.3 is 15.4 Å². The second-order valence-electron chi connectivity index (χ2n) is 7.20. The van der Waals surface area contributed by atoms with E-state index >= 15 is 0 Å². The van der Waals surface area contributed by atoms with Crippen molar-refractivity contribution in [3.8, 4) is 5.75 Å². The van der Waals surface area contributed by atoms with Gasteiger partial charge in [-0.3, -0.25) is 14.6 Å². The van der Waals surface area contributed by atoms with Crippen molar-refractivity contribution < 1.29 is 22.7 Å². The van der Waals surface area contributed by atoms with Crippen molar-refractivity contribution >= 4 is 27.5 Å². The maximum atomic E-state index is 12.9. The van der Waals surface area contributed by atoms with Crippen LogP contribution >= 0.6 is 0 Å². The van der Waals surface area contributed by atoms with Gasteiger partial charge in [-0.1, -0.05) is 0 Å². The van der Waals surface area contributed by atoms with E-state index in [1.165, 1.54) is 23.5 Å². The van der Waals surface area contributed by atoms with Gasteiger partial charge in [-0.05, 0) is 49.2 Å². The van der Waals surface area contributed by atoms with Gasteiger partial charge >= 0.3 is 0 Å². The number of hydrogen-bond acceptors (Lipinski definition) is 6. The van der Waals surface area contributed by atoms with Crippen LogP contribution in [0.1, 0.15) is 19.3 Å². The first-order valence-electron chi connectivity index (χ1n) is 10.0. The summed E-state index contributed by atoms with van der Waals surface area (Å²) in [6, 6.07) is 9.54. The number of rotatable bonds is 8. The Hall–Kier alpha value is -2.98. The van der Waals surface area contributed by atoms with Gasteiger partial charge in [-0.2, -0.15) is 4.31 Å². The molecule has 0 spiro atoms. The van der Waals surface area contributed by atoms with Crippen LogP contribution in [0.2, 0.25) is 0 Å². The fourth-order valence-electron chi connectivity index (χ4n) is 3.37. The van der Waals surface area contributed by atoms with Crippen LogP contribution in [-0.4, -0.2) is 56.3 Å². The first kappa shape index (κ1) is 22.7. The van der Waals surface area contributed by atoms with Crippen LogP contribution in [0.3, 0.4) is 0 Å². The number of hydrogen-bond donors (Lipinski definition) is 2. The molecule has 1 saturated heterocycles. The highest BCUT2D eigenvalue weighted by atomic mass is 32.2. The predicted octanol–water partition coefficient (Wildman–Crippen LogP) is 1.64. The number of benzene rings is 1. The number of amides is 2. The molecule has 1 aliphatic rings. The lowest BCUT2D eigenvalue weighted by molar-refractivity contribution is -0.126. The molecule has 0 aliphatic carbocycles. The monoisotopic (exact) mass is 446 g/mol. The van der Waals surface area contributed by atoms with Gasteiger partial charge in [0.25, 0.3) is 0 Å². The molecule has 31 heavy (non-hydrogen) atoms. The van der Waals surface area contributed by atoms with Crippen LogP contribution < -0.4 is 15.4 Å². The standard InChI is InChI=1S/C21H26N4O5S/c1-30-18-4-6-19(7-5-18)31(28,29)25-14-2-3-16(15-25)21(27)23-13-10-20(26)24-17-8-11-22-12-9-17/h4-9,11-12,16H,2-3,10,13-15H2,1H3,(H,23,27)(H,22,24,26)/t16-/m0/s1. The average Bonchev–Trinajstić information content (AvgIpc) is 2.79. The highest BCUT2D eigenvalue weighted by Gasteiger charge is 2.33. The summed E-state index contributed by atoms with van der Waals surface area (Å²) in [5.41, 5.74) is 0.637. The summed E-state index contributed by atoms with van der Waals surface area (Å²) < 4.78 is 32.3. The lowest BCUT2D eigenvalue weighted by Crippen LogP contribution is -2.45. The van der Waals surface area contributed by atoms with Crippen LogP contribution in [0.5, 0.6) is 5.75 Å². The Kier molecular flexibility index (Phi) is 7.59. The molecular formula is C21H26N4O5S. The Morgan fingerprint density at radius 2 is 1.87 bits per heavy atom. The summed E-state index contributed by atoms with van der Waals surface area (Å²) in [5, 5.41) is 5.47. The second-order valence-corrected chi connectivity index (χ2v) is 9.14. The van der Waals surface area contributed by atoms with Gasteiger partial charge in [0, 0.05) is 44.1 Å². The molecule has 1 fully saturated rings. The lowest BCUT2D eigenvalue weighted by Gasteiger charge is -2.31. The first-order valence-corrected chi connectivity index (χ1v) is 11.5. The Morgan fingerprint density at radius 3 is 2.55 bits per heavy atom. The van der Waals surface area contributed by atoms with Crippen molar-refractivity contribution in [1.29, 1.82) is 0 Å². The zero-order valence-electron chi connectivity index (χ0n) is 17.3. The van der Waals surface area contributed by atoms with Crippen LogP contribution in [0, 0.1) is 5.92 Å². The zero-order valence-corrected chi connectivity index (χ0v) is 18.1. The number of anilines is 1. The van der Waals surface area contributed by atoms with Gasteiger partial charge in [0.05, 0.1) is 17.9 Å². The molecule has 2 amide bonds. The third-order valence-corrected chi connectivity index (χ3v) is 6.95. The summed E-state index contributed by atoms with van der Waals surface area (Å²) in [4.78, 5) is 28.6. The molecule has 3 rings (SSSR count). The summed E-state index contributed by atoms with van der Waals surface area (Å²) >= 11 is 0. The van der Waals surface area contributed by atoms with Crippen molar-refractivity contribution in [2.45, 2.75) is 24.2 Å². The number of ether oxygens (including phenoxy) is 1. The van der Waals surface area contributed by atoms with Gasteiger partial charge in [0.2, 0.25) is 21.8 Å². The molecule has 0 bridgehead atoms. The van der Waals surface area contributed by atoms with E-state index in [1.807, 2.05) is 0 Å². The van der Waals surface area contributed by atoms with Crippen molar-refractivity contribution in [1.82, 2.24) is 14.6 Å². The van der Waals surface area contributed by atoms with Crippen LogP contribution in [0.25, 0.3) is 0 Å². The van der Waals surface area contributed by atoms with Gasteiger partial charge in [-0.15, -0.1) is 0 Å². The van der Waals surface area contributed by atoms with E-state index in [0.29, 0.717) is 30.8 Å². The summed E-state index contributed by atoms with van der Waals surface area (Å²) in [7, 11) is -2.18. The predicted molar refractivity (Wildman–Crippen MR) is 115 cm³/mol. The molecule has 0 saturated carbocycles. The molecule has 1 aromatic carbocycles. The molecule has 2 aromatic rings. The topological polar surface area (TPSA) is 118 Å². The molecule has 1 aromatic heterocycles. The minimum absolute atomic E-state index is 0.114. The number of sulfonamides is 1. The molecule has 9 nitrogen and oxygen atoms in total. The zero-order chi connectivity index (χ0) is 22.3. The molecule has 166 valence electrons. The van der Waals surface area contributed by atoms with Gasteiger partial charge in [0.1, 0.15) is 5.75 Å². The van der Waals surface area contributed by atoms with Gasteiger partial charge in [-0.25, -0.2) is 8.42 Å². The Bertz CT molecular complexity index is 996. The molecule has 0 radical (unpaired) electrons. The number of pyridine rings is 1. The van der Waals surface area contributed by atoms with Crippen molar-refractivity contribution in [2.75, 3.05) is 32.1 Å². The fraction of sp³-hybridized carbons (Fsp3) is 0.381. The number of carbonyl (C=O) groups is 2. The number of piperidine rings is 1. The summed E-state index contributed by atoms with van der Waals surface area (Å²) in [6.07, 6.45) is 4.47. The van der Waals surface area contributed by atoms with E-state index in [9.17, 15) is 18.0 Å². The smallest absolute Gasteiger partial charge is 0.243 e. The van der Waals surface area contributed by atoms with Crippen molar-refractivity contribution in [3.05, 3.63) is 48.8 Å². The quantitative estimate of drug-likeness (QED) is 0.637. The summed E-state index contributed by atoms with van der Waals surface area (Å²) in [6.45, 7) is 0.660. The molecule has 1 aliphatic heterocycles. The Labute approximate surface area is 181 Å². The van der Waals surface area contributed by atoms with E-state index in [0.717, 1.165) is 0 Å². The number of nitrogens with one attached hydrogen (secondary N) is 2. The Balaban J connectivity index is 1.51. The molecule has 10 heteroatoms. The molecular weight excluding hydrogens is 420 g/mol. The third kappa shape index (κ3) is 6.02. The van der Waals surface area contributed by atoms with Gasteiger partial charge in [0.15, 0.2) is 0 Å². The van der Waals surface area contributed by atoms with E-state index in [2.05, 4.69) is 15.6 Å². The maximum Gasteiger partial charge on any atom is 0.243 e. The lowest BCUT2D eigenvalue weighted by atomic mass is 9.99. The minimum Gasteiger partial charge on any atom is -0.497 e. The third-order valence-electron chi connectivity index (χ3n) is 5.07. The number of methoxy groups -OCH3 is 1. The van der Waals surface area contributed by atoms with E-state index in [1.54, 1.807) is 36.7 Å². The Morgan fingerprint density at radius 1 is 1.16 bits per heavy atom. The first-order chi connectivity index (χ1) is 14.9. The van der Waals surface area contributed by atoms with Crippen molar-refractivity contribution in [2.24, 2.45) is 5.92 Å². The minimum atomic E-state index is -3.69. The molecule has 1 atom stereocenters. The maximum absolute atomic E-state index is 12.9. The largest absolute Gasteiger partial charge is 0.497 e. The fourth-order valence-corrected chi connectivity index (χ4v) is 4.90.